The molecule has 3 aliphatic heterocycles. The number of benzene rings is 1. The Bertz CT molecular complexity index is 982. The van der Waals surface area contributed by atoms with Crippen molar-refractivity contribution >= 4 is 52.6 Å². The molecule has 4 rings (SSSR count). The molecule has 1 saturated heterocycles. The fourth-order valence-corrected chi connectivity index (χ4v) is 4.11. The van der Waals surface area contributed by atoms with E-state index >= 15 is 0 Å². The van der Waals surface area contributed by atoms with Crippen molar-refractivity contribution in [1.82, 2.24) is 14.8 Å². The molecule has 0 saturated carbocycles. The zero-order chi connectivity index (χ0) is 20.3. The van der Waals surface area contributed by atoms with Gasteiger partial charge >= 0.3 is 12.0 Å². The number of rotatable bonds is 2. The second-order valence-electron chi connectivity index (χ2n) is 6.99. The van der Waals surface area contributed by atoms with Crippen molar-refractivity contribution in [2.75, 3.05) is 14.1 Å². The molecule has 2 atom stereocenters. The van der Waals surface area contributed by atoms with E-state index in [1.54, 1.807) is 30.3 Å². The Morgan fingerprint density at radius 3 is 2.43 bits per heavy atom. The fraction of sp³-hybridized carbons (Fsp3) is 0.389. The zero-order valence-electron chi connectivity index (χ0n) is 15.8. The normalized spacial score (nSPS) is 24.4. The number of carbonyl (C=O) groups is 2. The summed E-state index contributed by atoms with van der Waals surface area (Å²) in [6.07, 6.45) is 0. The number of hydrogen-bond acceptors (Lipinski definition) is 5. The van der Waals surface area contributed by atoms with Crippen LogP contribution >= 0.6 is 23.2 Å². The lowest BCUT2D eigenvalue weighted by atomic mass is 10.1. The molecular weight excluding hydrogens is 403 g/mol. The topological polar surface area (TPSA) is 71.6 Å². The summed E-state index contributed by atoms with van der Waals surface area (Å²) in [6, 6.07) is 4.07. The summed E-state index contributed by atoms with van der Waals surface area (Å²) in [5, 5.41) is 7.38. The fourth-order valence-electron chi connectivity index (χ4n) is 3.60. The SMILES string of the molecule is CC1=NN(Cc2c(Cl)cccc2Cl)C2=[N+](C1C)C1C(=O)N(C)C(=O)N(C)C1=N2. The number of amidine groups is 1. The summed E-state index contributed by atoms with van der Waals surface area (Å²) < 4.78 is 1.89. The number of amides is 3. The van der Waals surface area contributed by atoms with Crippen LogP contribution in [0.15, 0.2) is 28.3 Å². The van der Waals surface area contributed by atoms with Gasteiger partial charge in [0.05, 0.1) is 5.71 Å². The number of nitrogens with zero attached hydrogens (tertiary/aromatic N) is 6. The first-order chi connectivity index (χ1) is 13.2. The first-order valence-electron chi connectivity index (χ1n) is 8.77. The summed E-state index contributed by atoms with van der Waals surface area (Å²) in [5.41, 5.74) is 1.53. The van der Waals surface area contributed by atoms with Crippen LogP contribution in [-0.4, -0.2) is 75.0 Å². The van der Waals surface area contributed by atoms with E-state index in [-0.39, 0.29) is 11.9 Å². The predicted octanol–water partition coefficient (Wildman–Crippen LogP) is 2.25. The van der Waals surface area contributed by atoms with Crippen molar-refractivity contribution in [3.05, 3.63) is 33.8 Å². The third-order valence-electron chi connectivity index (χ3n) is 5.35. The molecule has 0 N–H and O–H groups in total. The molecule has 2 unspecified atom stereocenters. The molecule has 0 aromatic heterocycles. The number of aliphatic imine (C=N–C) groups is 1. The summed E-state index contributed by atoms with van der Waals surface area (Å²) in [7, 11) is 3.09. The number of urea groups is 1. The van der Waals surface area contributed by atoms with Crippen molar-refractivity contribution in [2.24, 2.45) is 10.1 Å². The molecule has 1 aromatic carbocycles. The quantitative estimate of drug-likeness (QED) is 0.687. The maximum atomic E-state index is 12.9. The van der Waals surface area contributed by atoms with E-state index in [4.69, 9.17) is 23.2 Å². The minimum Gasteiger partial charge on any atom is -0.270 e. The molecule has 1 aromatic rings. The Kier molecular flexibility index (Phi) is 4.43. The average Bonchev–Trinajstić information content (AvgIpc) is 3.06. The number of halogens is 2. The number of hydrogen-bond donors (Lipinski definition) is 0. The molecule has 3 amide bonds. The molecule has 10 heteroatoms. The second kappa shape index (κ2) is 6.56. The Morgan fingerprint density at radius 1 is 1.14 bits per heavy atom. The molecule has 0 bridgehead atoms. The summed E-state index contributed by atoms with van der Waals surface area (Å²) in [6.45, 7) is 4.15. The van der Waals surface area contributed by atoms with Gasteiger partial charge in [0, 0.05) is 29.7 Å². The zero-order valence-corrected chi connectivity index (χ0v) is 17.4. The first-order valence-corrected chi connectivity index (χ1v) is 9.52. The maximum absolute atomic E-state index is 12.9. The number of carbonyl (C=O) groups excluding carboxylic acids is 2. The molecule has 0 aliphatic carbocycles. The van der Waals surface area contributed by atoms with Crippen molar-refractivity contribution in [3.63, 3.8) is 0 Å². The standard InChI is InChI=1S/C18H19Cl2N6O2/c1-9-10(2)26-14-15(23(3)18(28)24(4)16(14)27)21-17(26)25(22-9)8-11-12(19)6-5-7-13(11)20/h5-7,10,14H,8H2,1-4H3/q+1. The van der Waals surface area contributed by atoms with Gasteiger partial charge in [-0.15, -0.1) is 10.1 Å². The van der Waals surface area contributed by atoms with Crippen LogP contribution in [0, 0.1) is 0 Å². The van der Waals surface area contributed by atoms with Crippen LogP contribution in [0.25, 0.3) is 0 Å². The van der Waals surface area contributed by atoms with E-state index in [0.29, 0.717) is 33.9 Å². The van der Waals surface area contributed by atoms with Crippen molar-refractivity contribution < 1.29 is 14.2 Å². The molecule has 8 nitrogen and oxygen atoms in total. The van der Waals surface area contributed by atoms with Gasteiger partial charge < -0.3 is 0 Å². The lowest BCUT2D eigenvalue weighted by Crippen LogP contribution is -2.63. The Hall–Kier alpha value is -2.45. The summed E-state index contributed by atoms with van der Waals surface area (Å²) in [4.78, 5) is 32.4. The van der Waals surface area contributed by atoms with Gasteiger partial charge in [-0.05, 0) is 26.0 Å². The van der Waals surface area contributed by atoms with Gasteiger partial charge in [-0.25, -0.2) is 9.37 Å². The molecular formula is C18H19Cl2N6O2+. The highest BCUT2D eigenvalue weighted by atomic mass is 35.5. The average molecular weight is 422 g/mol. The minimum atomic E-state index is -0.674. The number of fused-ring (bicyclic) bond motifs is 2. The van der Waals surface area contributed by atoms with Crippen molar-refractivity contribution in [1.29, 1.82) is 0 Å². The van der Waals surface area contributed by atoms with Crippen LogP contribution in [0.2, 0.25) is 10.0 Å². The molecule has 146 valence electrons. The highest BCUT2D eigenvalue weighted by Gasteiger charge is 2.55. The number of imide groups is 1. The third kappa shape index (κ3) is 2.62. The molecule has 3 heterocycles. The highest BCUT2D eigenvalue weighted by Crippen LogP contribution is 2.29. The second-order valence-corrected chi connectivity index (χ2v) is 7.81. The van der Waals surface area contributed by atoms with E-state index in [0.717, 1.165) is 10.6 Å². The largest absolute Gasteiger partial charge is 0.417 e. The van der Waals surface area contributed by atoms with Crippen LogP contribution in [0.5, 0.6) is 0 Å². The van der Waals surface area contributed by atoms with E-state index in [1.165, 1.54) is 11.9 Å². The van der Waals surface area contributed by atoms with Crippen molar-refractivity contribution in [2.45, 2.75) is 32.5 Å². The lowest BCUT2D eigenvalue weighted by molar-refractivity contribution is -0.559. The molecule has 3 aliphatic rings. The Morgan fingerprint density at radius 2 is 1.79 bits per heavy atom. The van der Waals surface area contributed by atoms with Gasteiger partial charge in [0.25, 0.3) is 5.91 Å². The number of likely N-dealkylation sites (N-methyl/N-ethyl adjacent to an activating group) is 2. The Labute approximate surface area is 172 Å². The predicted molar refractivity (Wildman–Crippen MR) is 107 cm³/mol. The Balaban J connectivity index is 1.80. The van der Waals surface area contributed by atoms with Crippen LogP contribution < -0.4 is 0 Å². The first kappa shape index (κ1) is 18.9. The lowest BCUT2D eigenvalue weighted by Gasteiger charge is -2.33. The molecule has 0 spiro atoms. The highest BCUT2D eigenvalue weighted by molar-refractivity contribution is 6.36. The van der Waals surface area contributed by atoms with E-state index < -0.39 is 12.1 Å². The van der Waals surface area contributed by atoms with Gasteiger partial charge in [-0.1, -0.05) is 34.3 Å². The maximum Gasteiger partial charge on any atom is 0.417 e. The molecule has 1 fully saturated rings. The van der Waals surface area contributed by atoms with E-state index in [1.807, 2.05) is 18.4 Å². The third-order valence-corrected chi connectivity index (χ3v) is 6.06. The van der Waals surface area contributed by atoms with Gasteiger partial charge in [-0.2, -0.15) is 0 Å². The monoisotopic (exact) mass is 421 g/mol. The van der Waals surface area contributed by atoms with E-state index in [9.17, 15) is 9.59 Å². The number of hydrazone groups is 1. The molecule has 0 radical (unpaired) electrons. The van der Waals surface area contributed by atoms with Crippen LogP contribution in [0.4, 0.5) is 4.79 Å². The van der Waals surface area contributed by atoms with Crippen LogP contribution in [0.1, 0.15) is 19.4 Å². The van der Waals surface area contributed by atoms with Crippen LogP contribution in [0.3, 0.4) is 0 Å². The van der Waals surface area contributed by atoms with E-state index in [2.05, 4.69) is 10.1 Å². The van der Waals surface area contributed by atoms with Crippen molar-refractivity contribution in [3.8, 4) is 0 Å². The minimum absolute atomic E-state index is 0.154. The van der Waals surface area contributed by atoms with Gasteiger partial charge in [-0.3, -0.25) is 14.6 Å². The summed E-state index contributed by atoms with van der Waals surface area (Å²) in [5.74, 6) is 0.585. The van der Waals surface area contributed by atoms with Crippen LogP contribution in [-0.2, 0) is 11.3 Å². The van der Waals surface area contributed by atoms with Gasteiger partial charge in [0.1, 0.15) is 12.6 Å². The molecule has 28 heavy (non-hydrogen) atoms. The summed E-state index contributed by atoms with van der Waals surface area (Å²) >= 11 is 12.7. The van der Waals surface area contributed by atoms with Gasteiger partial charge in [0.15, 0.2) is 0 Å². The van der Waals surface area contributed by atoms with Gasteiger partial charge in [0.2, 0.25) is 11.9 Å². The smallest absolute Gasteiger partial charge is 0.270 e. The number of guanidine groups is 1.